The first-order chi connectivity index (χ1) is 15.7. The maximum Gasteiger partial charge on any atom is 2.00 e. The fraction of sp³-hybridized carbons (Fsp3) is 0.267. The van der Waals surface area contributed by atoms with Gasteiger partial charge in [-0.1, -0.05) is 67.1 Å². The van der Waals surface area contributed by atoms with Gasteiger partial charge in [0.1, 0.15) is 5.60 Å². The maximum absolute atomic E-state index is 12.1. The number of rotatable bonds is 5. The zero-order valence-corrected chi connectivity index (χ0v) is 20.4. The van der Waals surface area contributed by atoms with Crippen LogP contribution < -0.4 is 0 Å². The van der Waals surface area contributed by atoms with Gasteiger partial charge >= 0.3 is 17.1 Å². The molecule has 33 heavy (non-hydrogen) atoms. The molecule has 3 aliphatic rings. The molecule has 1 aliphatic heterocycles. The summed E-state index contributed by atoms with van der Waals surface area (Å²) in [5.74, 6) is 2.23. The number of nitrogens with zero attached hydrogens (tertiary/aromatic N) is 1. The minimum absolute atomic E-state index is 0. The van der Waals surface area contributed by atoms with Crippen molar-refractivity contribution in [1.82, 2.24) is 4.90 Å². The normalized spacial score (nSPS) is 21.2. The molecule has 0 amide bonds. The molecule has 0 bridgehead atoms. The van der Waals surface area contributed by atoms with Crippen LogP contribution in [0.4, 0.5) is 0 Å². The Kier molecular flexibility index (Phi) is 10.5. The molecule has 1 heterocycles. The summed E-state index contributed by atoms with van der Waals surface area (Å²) in [4.78, 5) is 2.55. The van der Waals surface area contributed by atoms with E-state index in [2.05, 4.69) is 31.1 Å². The summed E-state index contributed by atoms with van der Waals surface area (Å²) in [5, 5.41) is 12.1. The third-order valence-corrected chi connectivity index (χ3v) is 6.57. The summed E-state index contributed by atoms with van der Waals surface area (Å²) in [5.41, 5.74) is 0.676. The third kappa shape index (κ3) is 6.31. The molecule has 0 aromatic heterocycles. The Bertz CT molecular complexity index is 738. The van der Waals surface area contributed by atoms with Crippen LogP contribution in [-0.2, 0) is 22.7 Å². The van der Waals surface area contributed by atoms with Crippen LogP contribution in [0.15, 0.2) is 60.7 Å². The van der Waals surface area contributed by atoms with Gasteiger partial charge in [-0.2, -0.15) is 0 Å². The fourth-order valence-electron chi connectivity index (χ4n) is 4.79. The van der Waals surface area contributed by atoms with Crippen molar-refractivity contribution >= 4 is 0 Å². The SMILES string of the molecule is C[C@H]([C]1[CH][CH][CH][C]1C(O)(c1ccccc1)c1ccccc1)N1CCCCC1.[CH]1[CH][CH][CH][CH]1.[Fe+2]. The van der Waals surface area contributed by atoms with E-state index in [1.165, 1.54) is 25.2 Å². The summed E-state index contributed by atoms with van der Waals surface area (Å²) in [6.07, 6.45) is 20.2. The molecule has 2 aromatic rings. The zero-order valence-electron chi connectivity index (χ0n) is 19.3. The van der Waals surface area contributed by atoms with Crippen molar-refractivity contribution in [3.8, 4) is 0 Å². The van der Waals surface area contributed by atoms with E-state index < -0.39 is 5.60 Å². The van der Waals surface area contributed by atoms with Crippen molar-refractivity contribution in [3.05, 3.63) is 135 Å². The Morgan fingerprint density at radius 3 is 1.67 bits per heavy atom. The molecule has 3 fully saturated rings. The average Bonchev–Trinajstić information content (AvgIpc) is 3.60. The van der Waals surface area contributed by atoms with Crippen molar-refractivity contribution in [2.45, 2.75) is 37.8 Å². The number of benzene rings is 2. The molecule has 2 nitrogen and oxygen atoms in total. The van der Waals surface area contributed by atoms with E-state index in [0.717, 1.165) is 30.1 Å². The second-order valence-electron chi connectivity index (χ2n) is 8.57. The molecule has 10 radical (unpaired) electrons. The Balaban J connectivity index is 0.000000453. The van der Waals surface area contributed by atoms with E-state index in [1.54, 1.807) is 0 Å². The van der Waals surface area contributed by atoms with Crippen LogP contribution in [0.2, 0.25) is 0 Å². The zero-order chi connectivity index (χ0) is 22.2. The van der Waals surface area contributed by atoms with E-state index in [-0.39, 0.29) is 17.1 Å². The van der Waals surface area contributed by atoms with Crippen molar-refractivity contribution < 1.29 is 22.2 Å². The van der Waals surface area contributed by atoms with Gasteiger partial charge in [0.2, 0.25) is 0 Å². The molecule has 1 saturated heterocycles. The Labute approximate surface area is 212 Å². The second kappa shape index (κ2) is 13.1. The van der Waals surface area contributed by atoms with Crippen LogP contribution in [0.3, 0.4) is 0 Å². The van der Waals surface area contributed by atoms with E-state index >= 15 is 0 Å². The predicted octanol–water partition coefficient (Wildman–Crippen LogP) is 5.59. The Morgan fingerprint density at radius 1 is 0.697 bits per heavy atom. The number of hydrogen-bond acceptors (Lipinski definition) is 2. The average molecular weight is 479 g/mol. The number of likely N-dealkylation sites (tertiary alicyclic amines) is 1. The minimum Gasteiger partial charge on any atom is -0.380 e. The first-order valence-electron chi connectivity index (χ1n) is 11.7. The van der Waals surface area contributed by atoms with Crippen LogP contribution in [0.5, 0.6) is 0 Å². The second-order valence-corrected chi connectivity index (χ2v) is 8.57. The summed E-state index contributed by atoms with van der Waals surface area (Å²) in [6.45, 7) is 4.56. The standard InChI is InChI=1S/C25H28NO.C5H5.Fe/c1-20(26-18-9-4-10-19-26)23-16-11-17-24(23)25(27,21-12-5-2-6-13-21)22-14-7-3-8-15-22;1-2-4-5-3-1;/h2-3,5-8,11-17,20,27H,4,9-10,18-19H2,1H3;1-5H;/q;;+2/t20-;;/m1../s1. The molecular weight excluding hydrogens is 446 g/mol. The molecule has 1 N–H and O–H groups in total. The molecule has 2 aromatic carbocycles. The fourth-order valence-corrected chi connectivity index (χ4v) is 4.79. The maximum atomic E-state index is 12.1. The summed E-state index contributed by atoms with van der Waals surface area (Å²) in [6, 6.07) is 20.4. The van der Waals surface area contributed by atoms with Crippen LogP contribution in [0.25, 0.3) is 0 Å². The van der Waals surface area contributed by atoms with Crippen molar-refractivity contribution in [2.75, 3.05) is 13.1 Å². The third-order valence-electron chi connectivity index (χ3n) is 6.57. The van der Waals surface area contributed by atoms with Gasteiger partial charge < -0.3 is 10.0 Å². The summed E-state index contributed by atoms with van der Waals surface area (Å²) in [7, 11) is 0. The summed E-state index contributed by atoms with van der Waals surface area (Å²) >= 11 is 0. The minimum atomic E-state index is -1.15. The van der Waals surface area contributed by atoms with Gasteiger partial charge in [-0.15, -0.1) is 0 Å². The molecule has 0 unspecified atom stereocenters. The van der Waals surface area contributed by atoms with Crippen molar-refractivity contribution in [3.63, 3.8) is 0 Å². The number of aliphatic hydroxyl groups is 1. The van der Waals surface area contributed by atoms with Crippen LogP contribution in [0.1, 0.15) is 37.3 Å². The van der Waals surface area contributed by atoms with Gasteiger partial charge in [0.05, 0.1) is 0 Å². The van der Waals surface area contributed by atoms with Gasteiger partial charge in [0.25, 0.3) is 0 Å². The van der Waals surface area contributed by atoms with E-state index in [1.807, 2.05) is 92.8 Å². The van der Waals surface area contributed by atoms with Crippen molar-refractivity contribution in [1.29, 1.82) is 0 Å². The Morgan fingerprint density at radius 2 is 1.18 bits per heavy atom. The first kappa shape index (κ1) is 26.5. The predicted molar refractivity (Wildman–Crippen MR) is 132 cm³/mol. The largest absolute Gasteiger partial charge is 2.00 e. The van der Waals surface area contributed by atoms with Gasteiger partial charge in [-0.3, -0.25) is 0 Å². The van der Waals surface area contributed by atoms with Crippen LogP contribution >= 0.6 is 0 Å². The van der Waals surface area contributed by atoms with E-state index in [4.69, 9.17) is 0 Å². The monoisotopic (exact) mass is 479 g/mol. The smallest absolute Gasteiger partial charge is 0.380 e. The first-order valence-corrected chi connectivity index (χ1v) is 11.7. The van der Waals surface area contributed by atoms with E-state index in [9.17, 15) is 5.11 Å². The van der Waals surface area contributed by atoms with Gasteiger partial charge in [-0.25, -0.2) is 0 Å². The van der Waals surface area contributed by atoms with Crippen LogP contribution in [-0.4, -0.2) is 29.1 Å². The number of hydrogen-bond donors (Lipinski definition) is 1. The van der Waals surface area contributed by atoms with Gasteiger partial charge in [-0.05, 0) is 95.3 Å². The molecule has 0 spiro atoms. The van der Waals surface area contributed by atoms with E-state index in [0.29, 0.717) is 6.04 Å². The van der Waals surface area contributed by atoms with Gasteiger partial charge in [0, 0.05) is 17.9 Å². The molecule has 2 aliphatic carbocycles. The molecule has 170 valence electrons. The van der Waals surface area contributed by atoms with Crippen LogP contribution in [0, 0.1) is 63.2 Å². The molecular formula is C30H33FeNO+2. The molecule has 3 heteroatoms. The quantitative estimate of drug-likeness (QED) is 0.566. The molecule has 1 atom stereocenters. The number of piperidine rings is 1. The topological polar surface area (TPSA) is 23.5 Å². The Hall–Kier alpha value is -1.12. The summed E-state index contributed by atoms with van der Waals surface area (Å²) < 4.78 is 0. The molecule has 2 saturated carbocycles. The van der Waals surface area contributed by atoms with Gasteiger partial charge in [0.15, 0.2) is 0 Å². The van der Waals surface area contributed by atoms with Crippen molar-refractivity contribution in [2.24, 2.45) is 0 Å². The molecule has 5 rings (SSSR count).